The molecule has 2 amide bonds. The maximum Gasteiger partial charge on any atom is 0.407 e. The Morgan fingerprint density at radius 2 is 1.63 bits per heavy atom. The number of hydrogen-bond acceptors (Lipinski definition) is 6. The monoisotopic (exact) mass is 481 g/mol. The van der Waals surface area contributed by atoms with Gasteiger partial charge in [-0.2, -0.15) is 0 Å². The number of ether oxygens (including phenoxy) is 1. The number of fused-ring (bicyclic) bond motifs is 3. The fraction of sp³-hybridized carbons (Fsp3) is 0.423. The van der Waals surface area contributed by atoms with E-state index in [0.717, 1.165) is 22.3 Å². The van der Waals surface area contributed by atoms with E-state index in [0.29, 0.717) is 25.9 Å². The predicted molar refractivity (Wildman–Crippen MR) is 129 cm³/mol. The van der Waals surface area contributed by atoms with Crippen molar-refractivity contribution in [2.24, 2.45) is 0 Å². The number of aliphatic hydroxyl groups is 1. The lowest BCUT2D eigenvalue weighted by Gasteiger charge is -2.36. The number of amides is 2. The van der Waals surface area contributed by atoms with E-state index >= 15 is 0 Å². The van der Waals surface area contributed by atoms with Crippen molar-refractivity contribution in [2.75, 3.05) is 33.3 Å². The van der Waals surface area contributed by atoms with Crippen molar-refractivity contribution in [1.82, 2.24) is 15.5 Å². The molecule has 0 bridgehead atoms. The quantitative estimate of drug-likeness (QED) is 0.454. The standard InChI is InChI=1S/C26H31N3O6/c1-29-12-10-26(34,11-13-29)16-27-24(32)22(14-23(30)31)28-25(33)35-15-21-19-8-4-2-6-17(19)18-7-3-5-9-20(18)21/h2-9,21-22,34H,10-16H2,1H3,(H,27,32)(H,28,33)(H,30,31). The lowest BCUT2D eigenvalue weighted by Crippen LogP contribution is -2.54. The van der Waals surface area contributed by atoms with Crippen LogP contribution in [-0.2, 0) is 14.3 Å². The number of aliphatic carboxylic acids is 1. The van der Waals surface area contributed by atoms with Gasteiger partial charge in [0.15, 0.2) is 0 Å². The van der Waals surface area contributed by atoms with Crippen molar-refractivity contribution >= 4 is 18.0 Å². The van der Waals surface area contributed by atoms with Gasteiger partial charge >= 0.3 is 12.1 Å². The first kappa shape index (κ1) is 24.7. The summed E-state index contributed by atoms with van der Waals surface area (Å²) in [5.41, 5.74) is 3.22. The molecule has 9 nitrogen and oxygen atoms in total. The molecule has 2 aromatic rings. The van der Waals surface area contributed by atoms with Gasteiger partial charge in [0.25, 0.3) is 0 Å². The first-order valence-corrected chi connectivity index (χ1v) is 11.8. The number of benzene rings is 2. The summed E-state index contributed by atoms with van der Waals surface area (Å²) in [5.74, 6) is -2.06. The molecule has 4 N–H and O–H groups in total. The van der Waals surface area contributed by atoms with Crippen LogP contribution in [0.2, 0.25) is 0 Å². The minimum absolute atomic E-state index is 0.0117. The van der Waals surface area contributed by atoms with Crippen molar-refractivity contribution in [3.05, 3.63) is 59.7 Å². The average Bonchev–Trinajstić information content (AvgIpc) is 3.16. The van der Waals surface area contributed by atoms with Crippen LogP contribution in [0.3, 0.4) is 0 Å². The maximum absolute atomic E-state index is 12.7. The minimum atomic E-state index is -1.32. The Bertz CT molecular complexity index is 1050. The predicted octanol–water partition coefficient (Wildman–Crippen LogP) is 1.94. The highest BCUT2D eigenvalue weighted by atomic mass is 16.5. The van der Waals surface area contributed by atoms with E-state index in [-0.39, 0.29) is 19.1 Å². The normalized spacial score (nSPS) is 17.7. The van der Waals surface area contributed by atoms with Gasteiger partial charge in [0.05, 0.1) is 12.0 Å². The van der Waals surface area contributed by atoms with E-state index < -0.39 is 36.0 Å². The van der Waals surface area contributed by atoms with Gasteiger partial charge < -0.3 is 30.5 Å². The SMILES string of the molecule is CN1CCC(O)(CNC(=O)C(CC(=O)O)NC(=O)OCC2c3ccccc3-c3ccccc32)CC1. The number of alkyl carbamates (subject to hydrolysis) is 1. The van der Waals surface area contributed by atoms with Crippen molar-refractivity contribution in [3.63, 3.8) is 0 Å². The van der Waals surface area contributed by atoms with Crippen molar-refractivity contribution in [1.29, 1.82) is 0 Å². The Labute approximate surface area is 204 Å². The van der Waals surface area contributed by atoms with E-state index in [2.05, 4.69) is 15.5 Å². The van der Waals surface area contributed by atoms with Gasteiger partial charge in [-0.25, -0.2) is 4.79 Å². The third-order valence-corrected chi connectivity index (χ3v) is 6.84. The molecule has 1 aliphatic carbocycles. The van der Waals surface area contributed by atoms with Gasteiger partial charge in [-0.1, -0.05) is 48.5 Å². The lowest BCUT2D eigenvalue weighted by molar-refractivity contribution is -0.140. The summed E-state index contributed by atoms with van der Waals surface area (Å²) in [5, 5.41) is 24.9. The Morgan fingerprint density at radius 3 is 2.20 bits per heavy atom. The number of rotatable bonds is 8. The molecular weight excluding hydrogens is 450 g/mol. The Balaban J connectivity index is 1.36. The molecule has 1 fully saturated rings. The summed E-state index contributed by atoms with van der Waals surface area (Å²) in [6.07, 6.45) is -0.483. The zero-order valence-electron chi connectivity index (χ0n) is 19.7. The second-order valence-corrected chi connectivity index (χ2v) is 9.37. The number of nitrogens with one attached hydrogen (secondary N) is 2. The lowest BCUT2D eigenvalue weighted by atomic mass is 9.91. The highest BCUT2D eigenvalue weighted by molar-refractivity contribution is 5.89. The smallest absolute Gasteiger partial charge is 0.407 e. The average molecular weight is 482 g/mol. The van der Waals surface area contributed by atoms with Gasteiger partial charge in [-0.05, 0) is 42.1 Å². The summed E-state index contributed by atoms with van der Waals surface area (Å²) in [7, 11) is 1.96. The Kier molecular flexibility index (Phi) is 7.37. The fourth-order valence-corrected chi connectivity index (χ4v) is 4.75. The molecule has 0 spiro atoms. The molecule has 2 aliphatic rings. The topological polar surface area (TPSA) is 128 Å². The zero-order chi connectivity index (χ0) is 25.0. The highest BCUT2D eigenvalue weighted by Crippen LogP contribution is 2.44. The van der Waals surface area contributed by atoms with E-state index in [1.165, 1.54) is 0 Å². The molecule has 1 atom stereocenters. The summed E-state index contributed by atoms with van der Waals surface area (Å²) in [6.45, 7) is 1.43. The molecule has 35 heavy (non-hydrogen) atoms. The van der Waals surface area contributed by atoms with Crippen LogP contribution in [0, 0.1) is 0 Å². The van der Waals surface area contributed by atoms with Gasteiger partial charge in [-0.15, -0.1) is 0 Å². The van der Waals surface area contributed by atoms with Crippen LogP contribution in [0.15, 0.2) is 48.5 Å². The Hall–Kier alpha value is -3.43. The van der Waals surface area contributed by atoms with Crippen LogP contribution < -0.4 is 10.6 Å². The van der Waals surface area contributed by atoms with Crippen molar-refractivity contribution in [2.45, 2.75) is 36.8 Å². The zero-order valence-corrected chi connectivity index (χ0v) is 19.7. The number of hydrogen-bond donors (Lipinski definition) is 4. The van der Waals surface area contributed by atoms with Crippen molar-refractivity contribution < 1.29 is 29.3 Å². The van der Waals surface area contributed by atoms with Crippen LogP contribution in [0.4, 0.5) is 4.79 Å². The van der Waals surface area contributed by atoms with Crippen LogP contribution in [-0.4, -0.2) is 78.0 Å². The first-order valence-electron chi connectivity index (χ1n) is 11.8. The number of carbonyl (C=O) groups excluding carboxylic acids is 2. The van der Waals surface area contributed by atoms with Gasteiger partial charge in [-0.3, -0.25) is 9.59 Å². The molecule has 0 saturated carbocycles. The third kappa shape index (κ3) is 5.80. The fourth-order valence-electron chi connectivity index (χ4n) is 4.75. The second kappa shape index (κ2) is 10.5. The van der Waals surface area contributed by atoms with E-state index in [9.17, 15) is 24.6 Å². The third-order valence-electron chi connectivity index (χ3n) is 6.84. The molecule has 9 heteroatoms. The summed E-state index contributed by atoms with van der Waals surface area (Å²) < 4.78 is 5.45. The van der Waals surface area contributed by atoms with Gasteiger partial charge in [0.2, 0.25) is 5.91 Å². The molecule has 1 saturated heterocycles. The Morgan fingerprint density at radius 1 is 1.06 bits per heavy atom. The highest BCUT2D eigenvalue weighted by Gasteiger charge is 2.34. The summed E-state index contributed by atoms with van der Waals surface area (Å²) in [4.78, 5) is 38.6. The van der Waals surface area contributed by atoms with Gasteiger partial charge in [0.1, 0.15) is 12.6 Å². The van der Waals surface area contributed by atoms with Crippen LogP contribution >= 0.6 is 0 Å². The molecule has 1 aliphatic heterocycles. The first-order chi connectivity index (χ1) is 16.8. The summed E-state index contributed by atoms with van der Waals surface area (Å²) in [6, 6.07) is 14.5. The number of likely N-dealkylation sites (tertiary alicyclic amines) is 1. The number of carbonyl (C=O) groups is 3. The molecule has 4 rings (SSSR count). The number of carboxylic acid groups (broad SMARTS) is 1. The van der Waals surface area contributed by atoms with Crippen molar-refractivity contribution in [3.8, 4) is 11.1 Å². The van der Waals surface area contributed by atoms with Crippen LogP contribution in [0.1, 0.15) is 36.3 Å². The van der Waals surface area contributed by atoms with Gasteiger partial charge in [0, 0.05) is 25.6 Å². The minimum Gasteiger partial charge on any atom is -0.481 e. The van der Waals surface area contributed by atoms with Crippen LogP contribution in [0.5, 0.6) is 0 Å². The molecule has 1 unspecified atom stereocenters. The molecule has 0 aromatic heterocycles. The van der Waals surface area contributed by atoms with E-state index in [4.69, 9.17) is 4.74 Å². The molecule has 186 valence electrons. The number of carboxylic acids is 1. The number of piperidine rings is 1. The largest absolute Gasteiger partial charge is 0.481 e. The van der Waals surface area contributed by atoms with E-state index in [1.807, 2.05) is 55.6 Å². The second-order valence-electron chi connectivity index (χ2n) is 9.37. The number of nitrogens with zero attached hydrogens (tertiary/aromatic N) is 1. The van der Waals surface area contributed by atoms with E-state index in [1.54, 1.807) is 0 Å². The molecule has 1 heterocycles. The molecule has 2 aromatic carbocycles. The summed E-state index contributed by atoms with van der Waals surface area (Å²) >= 11 is 0. The maximum atomic E-state index is 12.7. The van der Waals surface area contributed by atoms with Crippen LogP contribution in [0.25, 0.3) is 11.1 Å². The molecule has 0 radical (unpaired) electrons. The molecular formula is C26H31N3O6.